The van der Waals surface area contributed by atoms with Crippen LogP contribution in [0.5, 0.6) is 5.75 Å². The van der Waals surface area contributed by atoms with Crippen LogP contribution in [0.3, 0.4) is 0 Å². The zero-order chi connectivity index (χ0) is 24.0. The van der Waals surface area contributed by atoms with Gasteiger partial charge in [0.25, 0.3) is 5.91 Å². The fourth-order valence-electron chi connectivity index (χ4n) is 3.66. The molecule has 5 rings (SSSR count). The van der Waals surface area contributed by atoms with Crippen LogP contribution in [0.25, 0.3) is 22.6 Å². The summed E-state index contributed by atoms with van der Waals surface area (Å²) in [5.74, 6) is 0.728. The Kier molecular flexibility index (Phi) is 6.29. The summed E-state index contributed by atoms with van der Waals surface area (Å²) in [7, 11) is 0. The van der Waals surface area contributed by atoms with Gasteiger partial charge in [0.2, 0.25) is 5.82 Å². The number of fused-ring (bicyclic) bond motifs is 1. The van der Waals surface area contributed by atoms with Gasteiger partial charge in [-0.2, -0.15) is 0 Å². The Morgan fingerprint density at radius 2 is 1.83 bits per heavy atom. The summed E-state index contributed by atoms with van der Waals surface area (Å²) in [5.41, 5.74) is 2.04. The Morgan fingerprint density at radius 3 is 2.60 bits per heavy atom. The summed E-state index contributed by atoms with van der Waals surface area (Å²) in [5, 5.41) is 16.5. The summed E-state index contributed by atoms with van der Waals surface area (Å²) < 4.78 is 11.7. The smallest absolute Gasteiger partial charge is 0.255 e. The molecule has 0 bridgehead atoms. The number of amides is 1. The fourth-order valence-corrected chi connectivity index (χ4v) is 3.66. The largest absolute Gasteiger partial charge is 0.494 e. The van der Waals surface area contributed by atoms with Crippen LogP contribution < -0.4 is 15.5 Å². The number of tetrazole rings is 1. The number of nitrogens with zero attached hydrogens (tertiary/aromatic N) is 3. The van der Waals surface area contributed by atoms with Crippen molar-refractivity contribution < 1.29 is 13.9 Å². The number of ether oxygens (including phenoxy) is 1. The molecule has 0 aliphatic rings. The van der Waals surface area contributed by atoms with E-state index in [1.807, 2.05) is 18.2 Å². The van der Waals surface area contributed by atoms with E-state index in [1.54, 1.807) is 42.5 Å². The molecule has 1 amide bonds. The van der Waals surface area contributed by atoms with Crippen LogP contribution in [-0.2, 0) is 6.42 Å². The van der Waals surface area contributed by atoms with Gasteiger partial charge in [-0.3, -0.25) is 9.59 Å². The highest BCUT2D eigenvalue weighted by Gasteiger charge is 2.15. The van der Waals surface area contributed by atoms with Gasteiger partial charge in [0.15, 0.2) is 16.8 Å². The van der Waals surface area contributed by atoms with Gasteiger partial charge in [0, 0.05) is 11.6 Å². The van der Waals surface area contributed by atoms with E-state index in [0.29, 0.717) is 29.0 Å². The van der Waals surface area contributed by atoms with Crippen molar-refractivity contribution >= 4 is 22.6 Å². The molecule has 0 radical (unpaired) electrons. The fraction of sp³-hybridized carbons (Fsp3) is 0.115. The molecule has 0 fully saturated rings. The number of rotatable bonds is 8. The van der Waals surface area contributed by atoms with Crippen molar-refractivity contribution in [3.8, 4) is 17.3 Å². The molecule has 174 valence electrons. The number of aromatic nitrogens is 4. The van der Waals surface area contributed by atoms with E-state index in [-0.39, 0.29) is 28.5 Å². The molecule has 2 aromatic heterocycles. The monoisotopic (exact) mass is 467 g/mol. The molecule has 2 N–H and O–H groups in total. The molecule has 0 atom stereocenters. The van der Waals surface area contributed by atoms with Gasteiger partial charge in [0.1, 0.15) is 5.75 Å². The van der Waals surface area contributed by atoms with Crippen LogP contribution in [0.1, 0.15) is 22.3 Å². The molecule has 0 aliphatic carbocycles. The maximum atomic E-state index is 12.9. The Bertz CT molecular complexity index is 1500. The van der Waals surface area contributed by atoms with Crippen LogP contribution in [-0.4, -0.2) is 33.1 Å². The molecule has 0 spiro atoms. The summed E-state index contributed by atoms with van der Waals surface area (Å²) in [6, 6.07) is 23.4. The van der Waals surface area contributed by atoms with Crippen LogP contribution in [0, 0.1) is 0 Å². The lowest BCUT2D eigenvalue weighted by molar-refractivity contribution is 0.102. The minimum atomic E-state index is -0.345. The molecule has 9 heteroatoms. The van der Waals surface area contributed by atoms with Gasteiger partial charge in [-0.05, 0) is 65.2 Å². The molecule has 5 aromatic rings. The number of anilines is 1. The van der Waals surface area contributed by atoms with E-state index in [2.05, 4.69) is 38.1 Å². The highest BCUT2D eigenvalue weighted by atomic mass is 16.5. The lowest BCUT2D eigenvalue weighted by Gasteiger charge is -2.10. The van der Waals surface area contributed by atoms with Gasteiger partial charge in [-0.25, -0.2) is 5.10 Å². The molecule has 9 nitrogen and oxygen atoms in total. The zero-order valence-corrected chi connectivity index (χ0v) is 18.6. The highest BCUT2D eigenvalue weighted by Crippen LogP contribution is 2.26. The second-order valence-electron chi connectivity index (χ2n) is 7.82. The third-order valence-corrected chi connectivity index (χ3v) is 5.42. The van der Waals surface area contributed by atoms with E-state index in [9.17, 15) is 9.59 Å². The maximum absolute atomic E-state index is 12.9. The van der Waals surface area contributed by atoms with Gasteiger partial charge in [0.05, 0.1) is 17.7 Å². The Balaban J connectivity index is 1.26. The average Bonchev–Trinajstić information content (AvgIpc) is 3.43. The van der Waals surface area contributed by atoms with E-state index >= 15 is 0 Å². The standard InChI is InChI=1S/C26H21N5O4/c32-22-16-23(25-28-30-31-29-25)35-24-20(22)9-4-10-21(24)27-26(33)18-11-13-19(14-12-18)34-15-5-8-17-6-2-1-3-7-17/h1-4,6-7,9-14,16H,5,8,15H2,(H,27,33)(H,28,29,30,31). The number of carbonyl (C=O) groups is 1. The molecule has 0 unspecified atom stereocenters. The SMILES string of the molecule is O=C(Nc1cccc2c(=O)cc(-c3nnn[nH]3)oc12)c1ccc(OCCCc2ccccc2)cc1. The zero-order valence-electron chi connectivity index (χ0n) is 18.6. The van der Waals surface area contributed by atoms with Gasteiger partial charge < -0.3 is 14.5 Å². The summed E-state index contributed by atoms with van der Waals surface area (Å²) >= 11 is 0. The molecule has 2 heterocycles. The van der Waals surface area contributed by atoms with Crippen molar-refractivity contribution in [1.29, 1.82) is 0 Å². The first-order valence-electron chi connectivity index (χ1n) is 11.1. The molecule has 0 saturated heterocycles. The first-order valence-corrected chi connectivity index (χ1v) is 11.1. The van der Waals surface area contributed by atoms with E-state index in [1.165, 1.54) is 11.6 Å². The number of hydrogen-bond donors (Lipinski definition) is 2. The number of para-hydroxylation sites is 1. The summed E-state index contributed by atoms with van der Waals surface area (Å²) in [4.78, 5) is 25.4. The van der Waals surface area contributed by atoms with Crippen LogP contribution >= 0.6 is 0 Å². The molecule has 0 saturated carbocycles. The third-order valence-electron chi connectivity index (χ3n) is 5.42. The first kappa shape index (κ1) is 22.0. The van der Waals surface area contributed by atoms with Crippen LogP contribution in [0.4, 0.5) is 5.69 Å². The Labute approximate surface area is 199 Å². The number of benzene rings is 3. The van der Waals surface area contributed by atoms with E-state index < -0.39 is 0 Å². The third kappa shape index (κ3) is 5.09. The predicted octanol–water partition coefficient (Wildman–Crippen LogP) is 4.24. The van der Waals surface area contributed by atoms with Crippen molar-refractivity contribution in [1.82, 2.24) is 20.6 Å². The number of aryl methyl sites for hydroxylation is 1. The van der Waals surface area contributed by atoms with Gasteiger partial charge in [-0.15, -0.1) is 5.10 Å². The maximum Gasteiger partial charge on any atom is 0.255 e. The Hall–Kier alpha value is -4.79. The van der Waals surface area contributed by atoms with Crippen molar-refractivity contribution in [3.63, 3.8) is 0 Å². The minimum Gasteiger partial charge on any atom is -0.494 e. The minimum absolute atomic E-state index is 0.169. The quantitative estimate of drug-likeness (QED) is 0.327. The van der Waals surface area contributed by atoms with E-state index in [0.717, 1.165) is 12.8 Å². The molecule has 0 aliphatic heterocycles. The number of hydrogen-bond acceptors (Lipinski definition) is 7. The number of aromatic amines is 1. The van der Waals surface area contributed by atoms with E-state index in [4.69, 9.17) is 9.15 Å². The topological polar surface area (TPSA) is 123 Å². The van der Waals surface area contributed by atoms with Crippen molar-refractivity contribution in [3.05, 3.63) is 100 Å². The van der Waals surface area contributed by atoms with Crippen molar-refractivity contribution in [2.45, 2.75) is 12.8 Å². The number of H-pyrrole nitrogens is 1. The van der Waals surface area contributed by atoms with Crippen LogP contribution in [0.2, 0.25) is 0 Å². The van der Waals surface area contributed by atoms with Gasteiger partial charge in [-0.1, -0.05) is 36.4 Å². The number of carbonyl (C=O) groups excluding carboxylic acids is 1. The van der Waals surface area contributed by atoms with Crippen LogP contribution in [0.15, 0.2) is 88.1 Å². The van der Waals surface area contributed by atoms with Gasteiger partial charge >= 0.3 is 0 Å². The summed E-state index contributed by atoms with van der Waals surface area (Å²) in [6.45, 7) is 0.582. The lowest BCUT2D eigenvalue weighted by Crippen LogP contribution is -2.13. The second-order valence-corrected chi connectivity index (χ2v) is 7.82. The Morgan fingerprint density at radius 1 is 1.00 bits per heavy atom. The molecule has 35 heavy (non-hydrogen) atoms. The molecular formula is C26H21N5O4. The summed E-state index contributed by atoms with van der Waals surface area (Å²) in [6.07, 6.45) is 1.84. The number of nitrogens with one attached hydrogen (secondary N) is 2. The predicted molar refractivity (Wildman–Crippen MR) is 130 cm³/mol. The van der Waals surface area contributed by atoms with Crippen molar-refractivity contribution in [2.24, 2.45) is 0 Å². The van der Waals surface area contributed by atoms with Crippen molar-refractivity contribution in [2.75, 3.05) is 11.9 Å². The highest BCUT2D eigenvalue weighted by molar-refractivity contribution is 6.08. The molecular weight excluding hydrogens is 446 g/mol. The first-order chi connectivity index (χ1) is 17.2. The average molecular weight is 467 g/mol. The second kappa shape index (κ2) is 10.0. The molecule has 3 aromatic carbocycles. The normalized spacial score (nSPS) is 10.9. The lowest BCUT2D eigenvalue weighted by atomic mass is 10.1.